The summed E-state index contributed by atoms with van der Waals surface area (Å²) in [7, 11) is 1.98. The van der Waals surface area contributed by atoms with Gasteiger partial charge in [-0.05, 0) is 37.9 Å². The van der Waals surface area contributed by atoms with E-state index in [4.69, 9.17) is 27.9 Å². The number of hydrogen-bond donors (Lipinski definition) is 1. The summed E-state index contributed by atoms with van der Waals surface area (Å²) < 4.78 is 5.66. The molecule has 18 heavy (non-hydrogen) atoms. The van der Waals surface area contributed by atoms with Gasteiger partial charge >= 0.3 is 0 Å². The molecule has 1 aromatic carbocycles. The SMILES string of the molecule is CNCC1(Cc2cccc(Cl)c2Cl)CCCOC1. The molecule has 2 nitrogen and oxygen atoms in total. The van der Waals surface area contributed by atoms with Crippen LogP contribution in [0.1, 0.15) is 18.4 Å². The Morgan fingerprint density at radius 2 is 2.22 bits per heavy atom. The standard InChI is InChI=1S/C14H19Cl2NO/c1-17-9-14(6-3-7-18-10-14)8-11-4-2-5-12(15)13(11)16/h2,4-5,17H,3,6-10H2,1H3. The van der Waals surface area contributed by atoms with Crippen LogP contribution in [0.25, 0.3) is 0 Å². The van der Waals surface area contributed by atoms with E-state index >= 15 is 0 Å². The molecule has 0 aromatic heterocycles. The summed E-state index contributed by atoms with van der Waals surface area (Å²) in [4.78, 5) is 0. The molecule has 2 rings (SSSR count). The van der Waals surface area contributed by atoms with Gasteiger partial charge in [0, 0.05) is 18.6 Å². The van der Waals surface area contributed by atoms with Crippen LogP contribution in [0.4, 0.5) is 0 Å². The molecule has 1 aromatic rings. The third kappa shape index (κ3) is 3.18. The predicted octanol–water partition coefficient (Wildman–Crippen LogP) is 3.55. The van der Waals surface area contributed by atoms with Crippen molar-refractivity contribution in [2.45, 2.75) is 19.3 Å². The molecular formula is C14H19Cl2NO. The Morgan fingerprint density at radius 3 is 2.89 bits per heavy atom. The van der Waals surface area contributed by atoms with E-state index in [-0.39, 0.29) is 5.41 Å². The van der Waals surface area contributed by atoms with Gasteiger partial charge in [0.1, 0.15) is 0 Å². The quantitative estimate of drug-likeness (QED) is 0.914. The monoisotopic (exact) mass is 287 g/mol. The normalized spacial score (nSPS) is 24.2. The molecule has 100 valence electrons. The molecule has 1 heterocycles. The van der Waals surface area contributed by atoms with Crippen LogP contribution in [0.5, 0.6) is 0 Å². The summed E-state index contributed by atoms with van der Waals surface area (Å²) in [6.45, 7) is 2.60. The zero-order valence-corrected chi connectivity index (χ0v) is 12.2. The second kappa shape index (κ2) is 6.25. The van der Waals surface area contributed by atoms with Crippen LogP contribution in [0.15, 0.2) is 18.2 Å². The van der Waals surface area contributed by atoms with E-state index in [1.54, 1.807) is 0 Å². The van der Waals surface area contributed by atoms with Gasteiger partial charge in [-0.15, -0.1) is 0 Å². The fourth-order valence-corrected chi connectivity index (χ4v) is 3.10. The summed E-state index contributed by atoms with van der Waals surface area (Å²) in [6, 6.07) is 5.84. The Morgan fingerprint density at radius 1 is 1.39 bits per heavy atom. The minimum atomic E-state index is 0.140. The number of benzene rings is 1. The molecule has 1 unspecified atom stereocenters. The lowest BCUT2D eigenvalue weighted by Gasteiger charge is -2.37. The van der Waals surface area contributed by atoms with Crippen LogP contribution in [0.3, 0.4) is 0 Å². The molecule has 1 atom stereocenters. The Hall–Kier alpha value is -0.280. The third-order valence-corrected chi connectivity index (χ3v) is 4.41. The maximum absolute atomic E-state index is 6.28. The lowest BCUT2D eigenvalue weighted by Crippen LogP contribution is -2.41. The lowest BCUT2D eigenvalue weighted by atomic mass is 9.77. The summed E-state index contributed by atoms with van der Waals surface area (Å²) in [5, 5.41) is 4.59. The summed E-state index contributed by atoms with van der Waals surface area (Å²) in [5.74, 6) is 0. The van der Waals surface area contributed by atoms with Gasteiger partial charge in [-0.2, -0.15) is 0 Å². The predicted molar refractivity (Wildman–Crippen MR) is 76.6 cm³/mol. The van der Waals surface area contributed by atoms with Gasteiger partial charge in [0.15, 0.2) is 0 Å². The largest absolute Gasteiger partial charge is 0.381 e. The first-order chi connectivity index (χ1) is 8.67. The summed E-state index contributed by atoms with van der Waals surface area (Å²) in [6.07, 6.45) is 3.18. The highest BCUT2D eigenvalue weighted by molar-refractivity contribution is 6.42. The molecular weight excluding hydrogens is 269 g/mol. The van der Waals surface area contributed by atoms with Crippen molar-refractivity contribution in [2.24, 2.45) is 5.41 Å². The number of nitrogens with one attached hydrogen (secondary N) is 1. The molecule has 1 fully saturated rings. The average Bonchev–Trinajstić information content (AvgIpc) is 2.36. The molecule has 1 saturated heterocycles. The maximum atomic E-state index is 6.28. The van der Waals surface area contributed by atoms with E-state index in [1.807, 2.05) is 19.2 Å². The van der Waals surface area contributed by atoms with E-state index in [2.05, 4.69) is 11.4 Å². The van der Waals surface area contributed by atoms with Crippen LogP contribution in [0.2, 0.25) is 10.0 Å². The van der Waals surface area contributed by atoms with Gasteiger partial charge in [0.05, 0.1) is 16.7 Å². The molecule has 1 N–H and O–H groups in total. The minimum Gasteiger partial charge on any atom is -0.381 e. The number of hydrogen-bond acceptors (Lipinski definition) is 2. The van der Waals surface area contributed by atoms with Gasteiger partial charge in [-0.3, -0.25) is 0 Å². The highest BCUT2D eigenvalue weighted by Crippen LogP contribution is 2.36. The van der Waals surface area contributed by atoms with Crippen molar-refractivity contribution in [1.29, 1.82) is 0 Å². The van der Waals surface area contributed by atoms with Crippen molar-refractivity contribution < 1.29 is 4.74 Å². The highest BCUT2D eigenvalue weighted by Gasteiger charge is 2.33. The van der Waals surface area contributed by atoms with Crippen molar-refractivity contribution in [3.8, 4) is 0 Å². The number of rotatable bonds is 4. The second-order valence-electron chi connectivity index (χ2n) is 5.08. The Labute approximate surface area is 119 Å². The fourth-order valence-electron chi connectivity index (χ4n) is 2.72. The fraction of sp³-hybridized carbons (Fsp3) is 0.571. The molecule has 4 heteroatoms. The van der Waals surface area contributed by atoms with Gasteiger partial charge in [0.2, 0.25) is 0 Å². The summed E-state index contributed by atoms with van der Waals surface area (Å²) >= 11 is 12.4. The van der Waals surface area contributed by atoms with Crippen LogP contribution in [0, 0.1) is 5.41 Å². The topological polar surface area (TPSA) is 21.3 Å². The van der Waals surface area contributed by atoms with E-state index in [0.29, 0.717) is 10.0 Å². The highest BCUT2D eigenvalue weighted by atomic mass is 35.5. The van der Waals surface area contributed by atoms with Crippen LogP contribution in [-0.4, -0.2) is 26.8 Å². The second-order valence-corrected chi connectivity index (χ2v) is 5.86. The van der Waals surface area contributed by atoms with Crippen LogP contribution < -0.4 is 5.32 Å². The Balaban J connectivity index is 2.20. The zero-order valence-electron chi connectivity index (χ0n) is 10.6. The molecule has 1 aliphatic heterocycles. The first kappa shape index (κ1) is 14.1. The molecule has 0 saturated carbocycles. The maximum Gasteiger partial charge on any atom is 0.0624 e. The van der Waals surface area contributed by atoms with Crippen molar-refractivity contribution in [3.05, 3.63) is 33.8 Å². The van der Waals surface area contributed by atoms with Crippen LogP contribution >= 0.6 is 23.2 Å². The van der Waals surface area contributed by atoms with Gasteiger partial charge < -0.3 is 10.1 Å². The van der Waals surface area contributed by atoms with Crippen molar-refractivity contribution in [3.63, 3.8) is 0 Å². The molecule has 1 aliphatic rings. The molecule has 0 aliphatic carbocycles. The summed E-state index contributed by atoms with van der Waals surface area (Å²) in [5.41, 5.74) is 1.26. The van der Waals surface area contributed by atoms with E-state index in [9.17, 15) is 0 Å². The number of halogens is 2. The van der Waals surface area contributed by atoms with Gasteiger partial charge in [-0.25, -0.2) is 0 Å². The van der Waals surface area contributed by atoms with Crippen LogP contribution in [-0.2, 0) is 11.2 Å². The molecule has 0 bridgehead atoms. The third-order valence-electron chi connectivity index (χ3n) is 3.55. The van der Waals surface area contributed by atoms with Gasteiger partial charge in [-0.1, -0.05) is 35.3 Å². The van der Waals surface area contributed by atoms with E-state index in [0.717, 1.165) is 44.6 Å². The van der Waals surface area contributed by atoms with Crippen molar-refractivity contribution >= 4 is 23.2 Å². The first-order valence-corrected chi connectivity index (χ1v) is 7.08. The first-order valence-electron chi connectivity index (χ1n) is 6.32. The zero-order chi connectivity index (χ0) is 13.0. The Bertz CT molecular complexity index is 397. The average molecular weight is 288 g/mol. The molecule has 0 spiro atoms. The Kier molecular flexibility index (Phi) is 4.91. The van der Waals surface area contributed by atoms with Gasteiger partial charge in [0.25, 0.3) is 0 Å². The minimum absolute atomic E-state index is 0.140. The van der Waals surface area contributed by atoms with Crippen molar-refractivity contribution in [1.82, 2.24) is 5.32 Å². The van der Waals surface area contributed by atoms with E-state index < -0.39 is 0 Å². The smallest absolute Gasteiger partial charge is 0.0624 e. The van der Waals surface area contributed by atoms with E-state index in [1.165, 1.54) is 0 Å². The number of ether oxygens (including phenoxy) is 1. The molecule has 0 amide bonds. The lowest BCUT2D eigenvalue weighted by molar-refractivity contribution is -0.00622. The molecule has 0 radical (unpaired) electrons. The van der Waals surface area contributed by atoms with Crippen molar-refractivity contribution in [2.75, 3.05) is 26.8 Å².